The van der Waals surface area contributed by atoms with Gasteiger partial charge in [-0.25, -0.2) is 0 Å². The van der Waals surface area contributed by atoms with Crippen molar-refractivity contribution in [3.05, 3.63) is 28.2 Å². The van der Waals surface area contributed by atoms with Gasteiger partial charge in [-0.3, -0.25) is 0 Å². The van der Waals surface area contributed by atoms with Crippen molar-refractivity contribution in [2.24, 2.45) is 10.9 Å². The minimum atomic E-state index is 0.0859. The molecule has 1 unspecified atom stereocenters. The van der Waals surface area contributed by atoms with Crippen molar-refractivity contribution < 1.29 is 9.94 Å². The summed E-state index contributed by atoms with van der Waals surface area (Å²) in [6, 6.07) is 5.84. The van der Waals surface area contributed by atoms with E-state index in [4.69, 9.17) is 15.7 Å². The summed E-state index contributed by atoms with van der Waals surface area (Å²) in [5.74, 6) is 0.0859. The minimum absolute atomic E-state index is 0.0859. The van der Waals surface area contributed by atoms with Crippen LogP contribution in [0.3, 0.4) is 0 Å². The number of hydrogen-bond donors (Lipinski definition) is 2. The first kappa shape index (κ1) is 14.8. The summed E-state index contributed by atoms with van der Waals surface area (Å²) >= 11 is 3.38. The molecule has 18 heavy (non-hydrogen) atoms. The van der Waals surface area contributed by atoms with Gasteiger partial charge in [-0.2, -0.15) is 0 Å². The molecule has 0 fully saturated rings. The summed E-state index contributed by atoms with van der Waals surface area (Å²) in [5, 5.41) is 11.9. The van der Waals surface area contributed by atoms with Gasteiger partial charge in [-0.05, 0) is 25.1 Å². The number of likely N-dealkylation sites (N-methyl/N-ethyl adjacent to an activating group) is 1. The van der Waals surface area contributed by atoms with Gasteiger partial charge in [0.05, 0.1) is 6.61 Å². The summed E-state index contributed by atoms with van der Waals surface area (Å²) in [6.45, 7) is 2.64. The molecule has 1 atom stereocenters. The fourth-order valence-corrected chi connectivity index (χ4v) is 2.03. The van der Waals surface area contributed by atoms with Crippen molar-refractivity contribution >= 4 is 27.5 Å². The summed E-state index contributed by atoms with van der Waals surface area (Å²) in [7, 11) is 3.61. The summed E-state index contributed by atoms with van der Waals surface area (Å²) in [4.78, 5) is 2.03. The number of anilines is 1. The van der Waals surface area contributed by atoms with Gasteiger partial charge in [0.15, 0.2) is 5.84 Å². The van der Waals surface area contributed by atoms with Crippen LogP contribution in [0.25, 0.3) is 0 Å². The SMILES string of the molecule is COCC(C)N(C)c1ccc(Br)cc1/C(N)=N/O. The van der Waals surface area contributed by atoms with Crippen molar-refractivity contribution in [2.75, 3.05) is 25.7 Å². The molecular formula is C12H18BrN3O2. The molecule has 0 amide bonds. The number of benzene rings is 1. The third-order valence-corrected chi connectivity index (χ3v) is 3.28. The smallest absolute Gasteiger partial charge is 0.172 e. The first-order valence-corrected chi connectivity index (χ1v) is 6.29. The summed E-state index contributed by atoms with van der Waals surface area (Å²) < 4.78 is 6.01. The first-order chi connectivity index (χ1) is 8.51. The number of ether oxygens (including phenoxy) is 1. The van der Waals surface area contributed by atoms with Crippen LogP contribution >= 0.6 is 15.9 Å². The lowest BCUT2D eigenvalue weighted by atomic mass is 10.1. The van der Waals surface area contributed by atoms with Gasteiger partial charge < -0.3 is 20.6 Å². The van der Waals surface area contributed by atoms with Crippen LogP contribution in [0.4, 0.5) is 5.69 Å². The lowest BCUT2D eigenvalue weighted by Crippen LogP contribution is -2.34. The number of amidine groups is 1. The summed E-state index contributed by atoms with van der Waals surface area (Å²) in [6.07, 6.45) is 0. The molecule has 100 valence electrons. The van der Waals surface area contributed by atoms with Crippen LogP contribution in [0.5, 0.6) is 0 Å². The van der Waals surface area contributed by atoms with Gasteiger partial charge >= 0.3 is 0 Å². The van der Waals surface area contributed by atoms with Crippen LogP contribution < -0.4 is 10.6 Å². The largest absolute Gasteiger partial charge is 0.409 e. The van der Waals surface area contributed by atoms with E-state index in [1.54, 1.807) is 7.11 Å². The Bertz CT molecular complexity index is 437. The molecule has 0 spiro atoms. The quantitative estimate of drug-likeness (QED) is 0.377. The molecule has 0 heterocycles. The molecule has 0 bridgehead atoms. The monoisotopic (exact) mass is 315 g/mol. The van der Waals surface area contributed by atoms with Crippen LogP contribution in [-0.4, -0.2) is 37.8 Å². The third-order valence-electron chi connectivity index (χ3n) is 2.79. The zero-order valence-electron chi connectivity index (χ0n) is 10.7. The molecule has 1 aromatic carbocycles. The Morgan fingerprint density at radius 3 is 2.83 bits per heavy atom. The van der Waals surface area contributed by atoms with Crippen LogP contribution in [0.2, 0.25) is 0 Å². The van der Waals surface area contributed by atoms with Gasteiger partial charge in [-0.1, -0.05) is 21.1 Å². The average Bonchev–Trinajstić information content (AvgIpc) is 2.37. The van der Waals surface area contributed by atoms with Gasteiger partial charge in [0, 0.05) is 35.9 Å². The van der Waals surface area contributed by atoms with E-state index >= 15 is 0 Å². The van der Waals surface area contributed by atoms with E-state index < -0.39 is 0 Å². The second-order valence-corrected chi connectivity index (χ2v) is 4.98. The lowest BCUT2D eigenvalue weighted by Gasteiger charge is -2.28. The van der Waals surface area contributed by atoms with E-state index in [0.29, 0.717) is 12.2 Å². The Kier molecular flexibility index (Phi) is 5.43. The van der Waals surface area contributed by atoms with Crippen molar-refractivity contribution in [2.45, 2.75) is 13.0 Å². The van der Waals surface area contributed by atoms with Gasteiger partial charge in [0.2, 0.25) is 0 Å². The first-order valence-electron chi connectivity index (χ1n) is 5.50. The second kappa shape index (κ2) is 6.61. The normalized spacial score (nSPS) is 13.4. The molecule has 6 heteroatoms. The van der Waals surface area contributed by atoms with Crippen LogP contribution in [0.1, 0.15) is 12.5 Å². The zero-order valence-corrected chi connectivity index (χ0v) is 12.3. The molecule has 0 aliphatic rings. The van der Waals surface area contributed by atoms with Gasteiger partial charge in [0.25, 0.3) is 0 Å². The Morgan fingerprint density at radius 2 is 2.28 bits per heavy atom. The Hall–Kier alpha value is -1.27. The highest BCUT2D eigenvalue weighted by Crippen LogP contribution is 2.25. The number of nitrogens with zero attached hydrogens (tertiary/aromatic N) is 2. The van der Waals surface area contributed by atoms with E-state index in [2.05, 4.69) is 21.1 Å². The lowest BCUT2D eigenvalue weighted by molar-refractivity contribution is 0.183. The number of oxime groups is 1. The standard InChI is InChI=1S/C12H18BrN3O2/c1-8(7-18-3)16(2)11-5-4-9(13)6-10(11)12(14)15-17/h4-6,8,17H,7H2,1-3H3,(H2,14,15). The number of rotatable bonds is 5. The molecule has 0 saturated carbocycles. The third kappa shape index (κ3) is 3.36. The van der Waals surface area contributed by atoms with E-state index in [1.165, 1.54) is 0 Å². The van der Waals surface area contributed by atoms with Crippen LogP contribution in [0.15, 0.2) is 27.8 Å². The highest BCUT2D eigenvalue weighted by atomic mass is 79.9. The maximum atomic E-state index is 8.83. The molecule has 0 aliphatic heterocycles. The molecule has 0 aromatic heterocycles. The van der Waals surface area contributed by atoms with E-state index in [1.807, 2.05) is 37.1 Å². The van der Waals surface area contributed by atoms with E-state index in [9.17, 15) is 0 Å². The molecule has 5 nitrogen and oxygen atoms in total. The molecule has 1 aromatic rings. The van der Waals surface area contributed by atoms with Crippen molar-refractivity contribution in [3.63, 3.8) is 0 Å². The number of methoxy groups -OCH3 is 1. The predicted molar refractivity (Wildman–Crippen MR) is 76.4 cm³/mol. The van der Waals surface area contributed by atoms with Crippen LogP contribution in [0, 0.1) is 0 Å². The minimum Gasteiger partial charge on any atom is -0.409 e. The number of halogens is 1. The second-order valence-electron chi connectivity index (χ2n) is 4.06. The maximum absolute atomic E-state index is 8.83. The molecular weight excluding hydrogens is 298 g/mol. The topological polar surface area (TPSA) is 71.1 Å². The van der Waals surface area contributed by atoms with Crippen molar-refractivity contribution in [1.29, 1.82) is 0 Å². The highest BCUT2D eigenvalue weighted by molar-refractivity contribution is 9.10. The fraction of sp³-hybridized carbons (Fsp3) is 0.417. The average molecular weight is 316 g/mol. The molecule has 0 aliphatic carbocycles. The fourth-order valence-electron chi connectivity index (χ4n) is 1.67. The van der Waals surface area contributed by atoms with E-state index in [0.717, 1.165) is 10.2 Å². The van der Waals surface area contributed by atoms with Crippen LogP contribution in [-0.2, 0) is 4.74 Å². The molecule has 1 rings (SSSR count). The van der Waals surface area contributed by atoms with Crippen molar-refractivity contribution in [3.8, 4) is 0 Å². The predicted octanol–water partition coefficient (Wildman–Crippen LogP) is 2.01. The molecule has 0 saturated heterocycles. The Balaban J connectivity index is 3.15. The Morgan fingerprint density at radius 1 is 1.61 bits per heavy atom. The van der Waals surface area contributed by atoms with Gasteiger partial charge in [-0.15, -0.1) is 0 Å². The van der Waals surface area contributed by atoms with E-state index in [-0.39, 0.29) is 11.9 Å². The zero-order chi connectivity index (χ0) is 13.7. The Labute approximate surface area is 115 Å². The molecule has 3 N–H and O–H groups in total. The highest BCUT2D eigenvalue weighted by Gasteiger charge is 2.16. The maximum Gasteiger partial charge on any atom is 0.172 e. The molecule has 0 radical (unpaired) electrons. The number of nitrogens with two attached hydrogens (primary N) is 1. The van der Waals surface area contributed by atoms with Gasteiger partial charge in [0.1, 0.15) is 0 Å². The van der Waals surface area contributed by atoms with Crippen molar-refractivity contribution in [1.82, 2.24) is 0 Å². The summed E-state index contributed by atoms with van der Waals surface area (Å²) in [5.41, 5.74) is 7.26. The number of hydrogen-bond acceptors (Lipinski definition) is 4.